The van der Waals surface area contributed by atoms with E-state index in [4.69, 9.17) is 0 Å². The van der Waals surface area contributed by atoms with Crippen LogP contribution >= 0.6 is 35.3 Å². The molecule has 1 saturated carbocycles. The number of nitrogens with zero attached hydrogens (tertiary/aromatic N) is 1. The van der Waals surface area contributed by atoms with E-state index in [9.17, 15) is 0 Å². The predicted octanol–water partition coefficient (Wildman–Crippen LogP) is 2.31. The van der Waals surface area contributed by atoms with Crippen molar-refractivity contribution in [1.29, 1.82) is 0 Å². The van der Waals surface area contributed by atoms with E-state index in [1.165, 1.54) is 35.3 Å². The Labute approximate surface area is 110 Å². The molecule has 2 heterocycles. The van der Waals surface area contributed by atoms with E-state index in [0.717, 1.165) is 29.5 Å². The molecule has 2 aliphatic heterocycles. The normalized spacial score (nSPS) is 34.9. The van der Waals surface area contributed by atoms with Gasteiger partial charge >= 0.3 is 0 Å². The fraction of sp³-hybridized carbons (Fsp3) is 0.909. The maximum Gasteiger partial charge on any atom is 0.156 e. The highest BCUT2D eigenvalue weighted by atomic mass is 32.2. The van der Waals surface area contributed by atoms with E-state index < -0.39 is 0 Å². The zero-order valence-electron chi connectivity index (χ0n) is 9.35. The van der Waals surface area contributed by atoms with Crippen LogP contribution < -0.4 is 5.32 Å². The van der Waals surface area contributed by atoms with E-state index in [1.54, 1.807) is 0 Å². The maximum atomic E-state index is 4.62. The van der Waals surface area contributed by atoms with Crippen LogP contribution in [0.25, 0.3) is 0 Å². The third-order valence-electron chi connectivity index (χ3n) is 3.19. The van der Waals surface area contributed by atoms with Crippen LogP contribution in [0.3, 0.4) is 0 Å². The molecule has 0 spiro atoms. The highest BCUT2D eigenvalue weighted by molar-refractivity contribution is 8.14. The molecule has 2 atom stereocenters. The lowest BCUT2D eigenvalue weighted by Crippen LogP contribution is -2.31. The second-order valence-electron chi connectivity index (χ2n) is 4.59. The minimum atomic E-state index is 0.794. The second kappa shape index (κ2) is 5.44. The van der Waals surface area contributed by atoms with Gasteiger partial charge in [0.05, 0.1) is 6.54 Å². The Morgan fingerprint density at radius 2 is 2.25 bits per heavy atom. The standard InChI is InChI=1S/C11H18N2S3/c1-2-8(1)10-6-13-11(16-10)12-5-9-7-14-3-4-15-9/h8-10H,1-7H2,(H,12,13). The SMILES string of the molecule is C1CSC(CNC2=NCC(C3CC3)S2)CS1. The van der Waals surface area contributed by atoms with Crippen LogP contribution in [-0.2, 0) is 0 Å². The van der Waals surface area contributed by atoms with Crippen molar-refractivity contribution in [2.45, 2.75) is 23.3 Å². The van der Waals surface area contributed by atoms with Gasteiger partial charge in [-0.25, -0.2) is 0 Å². The van der Waals surface area contributed by atoms with Crippen molar-refractivity contribution in [3.8, 4) is 0 Å². The summed E-state index contributed by atoms with van der Waals surface area (Å²) in [6.45, 7) is 2.17. The molecule has 0 amide bonds. The van der Waals surface area contributed by atoms with Crippen molar-refractivity contribution in [2.24, 2.45) is 10.9 Å². The van der Waals surface area contributed by atoms with Gasteiger partial charge in [-0.05, 0) is 18.8 Å². The van der Waals surface area contributed by atoms with E-state index in [-0.39, 0.29) is 0 Å². The summed E-state index contributed by atoms with van der Waals surface area (Å²) in [6.07, 6.45) is 2.88. The van der Waals surface area contributed by atoms with Crippen molar-refractivity contribution >= 4 is 40.5 Å². The van der Waals surface area contributed by atoms with Gasteiger partial charge in [0.15, 0.2) is 5.17 Å². The van der Waals surface area contributed by atoms with Gasteiger partial charge in [0.1, 0.15) is 0 Å². The average Bonchev–Trinajstić information content (AvgIpc) is 3.08. The molecular weight excluding hydrogens is 256 g/mol. The first kappa shape index (κ1) is 11.6. The molecule has 1 aliphatic carbocycles. The third kappa shape index (κ3) is 3.05. The molecule has 2 unspecified atom stereocenters. The van der Waals surface area contributed by atoms with Gasteiger partial charge in [-0.15, -0.1) is 0 Å². The van der Waals surface area contributed by atoms with Gasteiger partial charge in [-0.1, -0.05) is 11.8 Å². The summed E-state index contributed by atoms with van der Waals surface area (Å²) < 4.78 is 0. The summed E-state index contributed by atoms with van der Waals surface area (Å²) in [7, 11) is 0. The lowest BCUT2D eigenvalue weighted by Gasteiger charge is -2.21. The highest BCUT2D eigenvalue weighted by Gasteiger charge is 2.35. The Kier molecular flexibility index (Phi) is 3.95. The first-order valence-corrected chi connectivity index (χ1v) is 9.14. The lowest BCUT2D eigenvalue weighted by atomic mass is 10.3. The summed E-state index contributed by atoms with van der Waals surface area (Å²) >= 11 is 6.20. The van der Waals surface area contributed by atoms with Crippen molar-refractivity contribution in [3.05, 3.63) is 0 Å². The zero-order chi connectivity index (χ0) is 10.8. The van der Waals surface area contributed by atoms with Gasteiger partial charge in [0.25, 0.3) is 0 Å². The van der Waals surface area contributed by atoms with Crippen LogP contribution in [-0.4, -0.2) is 46.0 Å². The number of hydrogen-bond acceptors (Lipinski definition) is 5. The Morgan fingerprint density at radius 1 is 1.31 bits per heavy atom. The van der Waals surface area contributed by atoms with Gasteiger partial charge in [0.2, 0.25) is 0 Å². The first-order chi connectivity index (χ1) is 7.92. The largest absolute Gasteiger partial charge is 0.364 e. The van der Waals surface area contributed by atoms with E-state index in [0.29, 0.717) is 0 Å². The molecule has 5 heteroatoms. The average molecular weight is 274 g/mol. The van der Waals surface area contributed by atoms with Crippen molar-refractivity contribution in [2.75, 3.05) is 30.3 Å². The number of aliphatic imine (C=N–C) groups is 1. The van der Waals surface area contributed by atoms with Crippen LogP contribution in [0.4, 0.5) is 0 Å². The molecule has 1 saturated heterocycles. The van der Waals surface area contributed by atoms with E-state index in [2.05, 4.69) is 33.8 Å². The number of hydrogen-bond donors (Lipinski definition) is 1. The van der Waals surface area contributed by atoms with Gasteiger partial charge in [-0.3, -0.25) is 4.99 Å². The summed E-state index contributed by atoms with van der Waals surface area (Å²) in [5, 5.41) is 6.35. The molecule has 3 rings (SSSR count). The first-order valence-electron chi connectivity index (χ1n) is 6.06. The Hall–Kier alpha value is 0.520. The van der Waals surface area contributed by atoms with E-state index >= 15 is 0 Å². The van der Waals surface area contributed by atoms with Crippen LogP contribution in [0.15, 0.2) is 4.99 Å². The Balaban J connectivity index is 1.38. The summed E-state index contributed by atoms with van der Waals surface area (Å²) in [6, 6.07) is 0. The topological polar surface area (TPSA) is 24.4 Å². The highest BCUT2D eigenvalue weighted by Crippen LogP contribution is 2.41. The summed E-state index contributed by atoms with van der Waals surface area (Å²) in [5.41, 5.74) is 0. The maximum absolute atomic E-state index is 4.62. The van der Waals surface area contributed by atoms with Crippen LogP contribution in [0.2, 0.25) is 0 Å². The fourth-order valence-corrected chi connectivity index (χ4v) is 5.89. The quantitative estimate of drug-likeness (QED) is 0.853. The zero-order valence-corrected chi connectivity index (χ0v) is 11.8. The molecule has 0 bridgehead atoms. The Morgan fingerprint density at radius 3 is 3.00 bits per heavy atom. The molecule has 3 aliphatic rings. The Bertz CT molecular complexity index is 272. The number of thioether (sulfide) groups is 3. The molecule has 0 aromatic carbocycles. The summed E-state index contributed by atoms with van der Waals surface area (Å²) in [4.78, 5) is 4.62. The van der Waals surface area contributed by atoms with Crippen LogP contribution in [0, 0.1) is 5.92 Å². The second-order valence-corrected chi connectivity index (χ2v) is 8.37. The molecule has 0 aromatic rings. The molecule has 1 N–H and O–H groups in total. The number of amidine groups is 1. The third-order valence-corrected chi connectivity index (χ3v) is 7.37. The lowest BCUT2D eigenvalue weighted by molar-refractivity contribution is 0.771. The number of nitrogens with one attached hydrogen (secondary N) is 1. The van der Waals surface area contributed by atoms with Crippen molar-refractivity contribution < 1.29 is 0 Å². The molecule has 2 fully saturated rings. The van der Waals surface area contributed by atoms with E-state index in [1.807, 2.05) is 11.8 Å². The van der Waals surface area contributed by atoms with Gasteiger partial charge < -0.3 is 5.32 Å². The predicted molar refractivity (Wildman–Crippen MR) is 78.0 cm³/mol. The van der Waals surface area contributed by atoms with Crippen LogP contribution in [0.5, 0.6) is 0 Å². The van der Waals surface area contributed by atoms with Crippen molar-refractivity contribution in [1.82, 2.24) is 5.32 Å². The van der Waals surface area contributed by atoms with Gasteiger partial charge in [0, 0.05) is 34.3 Å². The fourth-order valence-electron chi connectivity index (χ4n) is 2.06. The van der Waals surface area contributed by atoms with Crippen LogP contribution in [0.1, 0.15) is 12.8 Å². The molecule has 90 valence electrons. The number of rotatable bonds is 3. The molecule has 0 aromatic heterocycles. The monoisotopic (exact) mass is 274 g/mol. The molecule has 2 nitrogen and oxygen atoms in total. The van der Waals surface area contributed by atoms with Gasteiger partial charge in [-0.2, -0.15) is 23.5 Å². The van der Waals surface area contributed by atoms with Crippen molar-refractivity contribution in [3.63, 3.8) is 0 Å². The molecule has 0 radical (unpaired) electrons. The minimum Gasteiger partial charge on any atom is -0.364 e. The molecule has 16 heavy (non-hydrogen) atoms. The smallest absolute Gasteiger partial charge is 0.156 e. The summed E-state index contributed by atoms with van der Waals surface area (Å²) in [5.74, 6) is 4.94. The minimum absolute atomic E-state index is 0.794. The molecular formula is C11H18N2S3.